The average Bonchev–Trinajstić information content (AvgIpc) is 1.95. The number of carbonyl (C=O) groups is 1. The maximum atomic E-state index is 10.5. The van der Waals surface area contributed by atoms with Gasteiger partial charge in [-0.15, -0.1) is 5.53 Å². The second-order valence-corrected chi connectivity index (χ2v) is 1.96. The van der Waals surface area contributed by atoms with E-state index in [0.717, 1.165) is 5.01 Å². The number of β-lactam (4-membered cyclic amide) rings is 1. The van der Waals surface area contributed by atoms with Gasteiger partial charge in [-0.05, 0) is 5.22 Å². The lowest BCUT2D eigenvalue weighted by Crippen LogP contribution is -2.50. The monoisotopic (exact) mass is 142 g/mol. The number of aliphatic hydroxyl groups is 1. The minimum Gasteiger partial charge on any atom is -0.392 e. The van der Waals surface area contributed by atoms with Gasteiger partial charge in [0.15, 0.2) is 0 Å². The van der Waals surface area contributed by atoms with Gasteiger partial charge in [0.25, 0.3) is 0 Å². The molecule has 0 spiro atoms. The highest BCUT2D eigenvalue weighted by Crippen LogP contribution is 2.18. The van der Waals surface area contributed by atoms with E-state index in [9.17, 15) is 4.79 Å². The van der Waals surface area contributed by atoms with Gasteiger partial charge in [-0.1, -0.05) is 0 Å². The maximum absolute atomic E-state index is 10.5. The molecule has 6 heteroatoms. The molecule has 0 radical (unpaired) electrons. The van der Waals surface area contributed by atoms with Crippen LogP contribution < -0.4 is 0 Å². The molecule has 1 aliphatic rings. The molecule has 0 aliphatic carbocycles. The van der Waals surface area contributed by atoms with Gasteiger partial charge in [0.2, 0.25) is 0 Å². The zero-order valence-corrected chi connectivity index (χ0v) is 5.14. The van der Waals surface area contributed by atoms with E-state index in [0.29, 0.717) is 0 Å². The first-order valence-electron chi connectivity index (χ1n) is 2.77. The molecule has 1 saturated heterocycles. The summed E-state index contributed by atoms with van der Waals surface area (Å²) in [6.45, 7) is -0.148. The number of azide groups is 1. The van der Waals surface area contributed by atoms with Gasteiger partial charge in [0.05, 0.1) is 13.0 Å². The molecule has 6 nitrogen and oxygen atoms in total. The van der Waals surface area contributed by atoms with Crippen LogP contribution in [0.1, 0.15) is 6.42 Å². The van der Waals surface area contributed by atoms with Crippen LogP contribution >= 0.6 is 0 Å². The number of carbonyl (C=O) groups excluding carboxylic acids is 1. The zero-order chi connectivity index (χ0) is 7.56. The first kappa shape index (κ1) is 6.85. The molecule has 0 aromatic rings. The van der Waals surface area contributed by atoms with Crippen molar-refractivity contribution < 1.29 is 9.90 Å². The Kier molecular flexibility index (Phi) is 1.75. The van der Waals surface area contributed by atoms with Gasteiger partial charge in [-0.25, -0.2) is 4.79 Å². The molecule has 1 heterocycles. The van der Waals surface area contributed by atoms with Crippen LogP contribution in [-0.2, 0) is 4.79 Å². The molecule has 1 unspecified atom stereocenters. The Morgan fingerprint density at radius 2 is 2.70 bits per heavy atom. The quantitative estimate of drug-likeness (QED) is 0.250. The van der Waals surface area contributed by atoms with Gasteiger partial charge in [-0.2, -0.15) is 9.92 Å². The first-order chi connectivity index (χ1) is 4.79. The summed E-state index contributed by atoms with van der Waals surface area (Å²) < 4.78 is 0. The lowest BCUT2D eigenvalue weighted by molar-refractivity contribution is -0.148. The van der Waals surface area contributed by atoms with E-state index in [-0.39, 0.29) is 25.0 Å². The number of rotatable bonds is 2. The summed E-state index contributed by atoms with van der Waals surface area (Å²) in [4.78, 5) is 13.0. The highest BCUT2D eigenvalue weighted by molar-refractivity contribution is 5.82. The van der Waals surface area contributed by atoms with Crippen molar-refractivity contribution in [3.63, 3.8) is 0 Å². The third-order valence-corrected chi connectivity index (χ3v) is 1.36. The molecule has 0 saturated carbocycles. The van der Waals surface area contributed by atoms with Gasteiger partial charge in [-0.3, -0.25) is 0 Å². The van der Waals surface area contributed by atoms with Crippen molar-refractivity contribution >= 4 is 5.91 Å². The van der Waals surface area contributed by atoms with Crippen LogP contribution in [0.25, 0.3) is 10.4 Å². The Morgan fingerprint density at radius 3 is 3.10 bits per heavy atom. The second-order valence-electron chi connectivity index (χ2n) is 1.96. The molecule has 1 amide bonds. The molecule has 0 aromatic carbocycles. The largest absolute Gasteiger partial charge is 0.392 e. The molecule has 1 atom stereocenters. The van der Waals surface area contributed by atoms with Crippen LogP contribution in [0, 0.1) is 0 Å². The van der Waals surface area contributed by atoms with Crippen molar-refractivity contribution in [1.82, 2.24) is 5.01 Å². The number of aliphatic hydroxyl groups excluding tert-OH is 1. The molecule has 54 valence electrons. The summed E-state index contributed by atoms with van der Waals surface area (Å²) in [6, 6.07) is -0.302. The second kappa shape index (κ2) is 2.55. The number of hydrogen-bond donors (Lipinski definition) is 1. The molecular formula is C4H6N4O2. The predicted molar refractivity (Wildman–Crippen MR) is 31.5 cm³/mol. The lowest BCUT2D eigenvalue weighted by atomic mass is 10.1. The van der Waals surface area contributed by atoms with Crippen molar-refractivity contribution in [2.45, 2.75) is 12.5 Å². The molecule has 1 aliphatic heterocycles. The number of amides is 1. The third-order valence-electron chi connectivity index (χ3n) is 1.36. The van der Waals surface area contributed by atoms with Crippen molar-refractivity contribution in [3.8, 4) is 0 Å². The highest BCUT2D eigenvalue weighted by Gasteiger charge is 2.40. The number of nitrogens with zero attached hydrogens (tertiary/aromatic N) is 4. The van der Waals surface area contributed by atoms with Crippen LogP contribution in [-0.4, -0.2) is 28.7 Å². The lowest BCUT2D eigenvalue weighted by Gasteiger charge is -2.28. The minimum absolute atomic E-state index is 0.148. The maximum Gasteiger partial charge on any atom is 0.317 e. The van der Waals surface area contributed by atoms with Crippen LogP contribution in [0.4, 0.5) is 0 Å². The fourth-order valence-electron chi connectivity index (χ4n) is 0.781. The van der Waals surface area contributed by atoms with Crippen molar-refractivity contribution in [2.75, 3.05) is 6.61 Å². The van der Waals surface area contributed by atoms with E-state index >= 15 is 0 Å². The Hall–Kier alpha value is -1.26. The van der Waals surface area contributed by atoms with Gasteiger partial charge in [0.1, 0.15) is 6.04 Å². The summed E-state index contributed by atoms with van der Waals surface area (Å²) in [7, 11) is 0. The molecule has 1 rings (SSSR count). The normalized spacial score (nSPS) is 23.5. The van der Waals surface area contributed by atoms with Gasteiger partial charge in [0, 0.05) is 0 Å². The molecule has 0 aromatic heterocycles. The molecule has 1 fully saturated rings. The summed E-state index contributed by atoms with van der Waals surface area (Å²) in [5.41, 5.74) is 7.92. The standard InChI is InChI=1S/C4H6N4O2/c5-6-7-8-3(2-9)1-4(8)10/h3,9H,1-2H2. The van der Waals surface area contributed by atoms with Crippen molar-refractivity contribution in [1.29, 1.82) is 0 Å². The van der Waals surface area contributed by atoms with Gasteiger partial charge >= 0.3 is 5.91 Å². The summed E-state index contributed by atoms with van der Waals surface area (Å²) in [6.07, 6.45) is 0.273. The van der Waals surface area contributed by atoms with E-state index in [1.165, 1.54) is 0 Å². The molecule has 1 N–H and O–H groups in total. The summed E-state index contributed by atoms with van der Waals surface area (Å²) in [5, 5.41) is 12.5. The fraction of sp³-hybridized carbons (Fsp3) is 0.750. The molecule has 10 heavy (non-hydrogen) atoms. The van der Waals surface area contributed by atoms with Crippen LogP contribution in [0.5, 0.6) is 0 Å². The smallest absolute Gasteiger partial charge is 0.317 e. The predicted octanol–water partition coefficient (Wildman–Crippen LogP) is -0.195. The Balaban J connectivity index is 2.55. The van der Waals surface area contributed by atoms with Crippen LogP contribution in [0.15, 0.2) is 5.22 Å². The van der Waals surface area contributed by atoms with E-state index < -0.39 is 0 Å². The number of hydrogen-bond acceptors (Lipinski definition) is 3. The Labute approximate surface area is 56.6 Å². The van der Waals surface area contributed by atoms with E-state index in [1.807, 2.05) is 0 Å². The SMILES string of the molecule is [N-]=[N+]=NN1C(=O)CC1CO. The summed E-state index contributed by atoms with van der Waals surface area (Å²) >= 11 is 0. The Morgan fingerprint density at radius 1 is 2.00 bits per heavy atom. The van der Waals surface area contributed by atoms with E-state index in [4.69, 9.17) is 10.6 Å². The summed E-state index contributed by atoms with van der Waals surface area (Å²) in [5.74, 6) is -0.239. The highest BCUT2D eigenvalue weighted by atomic mass is 16.3. The minimum atomic E-state index is -0.302. The van der Waals surface area contributed by atoms with Crippen molar-refractivity contribution in [2.24, 2.45) is 5.22 Å². The van der Waals surface area contributed by atoms with E-state index in [1.54, 1.807) is 0 Å². The molecule has 0 bridgehead atoms. The topological polar surface area (TPSA) is 89.3 Å². The van der Waals surface area contributed by atoms with E-state index in [2.05, 4.69) is 10.1 Å². The average molecular weight is 142 g/mol. The first-order valence-corrected chi connectivity index (χ1v) is 2.77. The zero-order valence-electron chi connectivity index (χ0n) is 5.14. The fourth-order valence-corrected chi connectivity index (χ4v) is 0.781. The third kappa shape index (κ3) is 0.896. The Bertz CT molecular complexity index is 195. The molecular weight excluding hydrogens is 136 g/mol. The van der Waals surface area contributed by atoms with Crippen LogP contribution in [0.3, 0.4) is 0 Å². The van der Waals surface area contributed by atoms with Crippen molar-refractivity contribution in [3.05, 3.63) is 10.4 Å². The van der Waals surface area contributed by atoms with Gasteiger partial charge < -0.3 is 5.11 Å². The van der Waals surface area contributed by atoms with Crippen LogP contribution in [0.2, 0.25) is 0 Å².